The minimum atomic E-state index is -0.127. The predicted molar refractivity (Wildman–Crippen MR) is 119 cm³/mol. The molecule has 3 aromatic heterocycles. The van der Waals surface area contributed by atoms with Crippen LogP contribution in [-0.4, -0.2) is 57.1 Å². The molecule has 0 unspecified atom stereocenters. The van der Waals surface area contributed by atoms with Crippen LogP contribution in [0.4, 0.5) is 0 Å². The largest absolute Gasteiger partial charge is 0.379 e. The molecule has 1 aliphatic heterocycles. The van der Waals surface area contributed by atoms with E-state index >= 15 is 0 Å². The summed E-state index contributed by atoms with van der Waals surface area (Å²) >= 11 is 0. The van der Waals surface area contributed by atoms with Crippen LogP contribution >= 0.6 is 12.4 Å². The van der Waals surface area contributed by atoms with Crippen LogP contribution < -0.4 is 5.56 Å². The van der Waals surface area contributed by atoms with Gasteiger partial charge in [0.2, 0.25) is 0 Å². The van der Waals surface area contributed by atoms with E-state index in [0.29, 0.717) is 16.9 Å². The Hall–Kier alpha value is -2.74. The molecule has 4 heterocycles. The Balaban J connectivity index is 0.00000218. The molecule has 0 amide bonds. The van der Waals surface area contributed by atoms with Gasteiger partial charge in [0.15, 0.2) is 5.82 Å². The smallest absolute Gasteiger partial charge is 0.259 e. The first-order valence-corrected chi connectivity index (χ1v) is 9.94. The Morgan fingerprint density at radius 1 is 1.20 bits per heavy atom. The van der Waals surface area contributed by atoms with Gasteiger partial charge in [0.1, 0.15) is 5.69 Å². The summed E-state index contributed by atoms with van der Waals surface area (Å²) in [6.07, 6.45) is 4.58. The third kappa shape index (κ3) is 3.96. The van der Waals surface area contributed by atoms with Crippen molar-refractivity contribution < 1.29 is 4.74 Å². The number of morpholine rings is 1. The number of halogens is 1. The Labute approximate surface area is 180 Å². The summed E-state index contributed by atoms with van der Waals surface area (Å²) in [4.78, 5) is 27.3. The molecule has 1 N–H and O–H groups in total. The van der Waals surface area contributed by atoms with Gasteiger partial charge in [0.05, 0.1) is 30.4 Å². The maximum absolute atomic E-state index is 12.8. The van der Waals surface area contributed by atoms with Crippen LogP contribution in [0.15, 0.2) is 47.7 Å². The quantitative estimate of drug-likeness (QED) is 0.544. The molecule has 30 heavy (non-hydrogen) atoms. The van der Waals surface area contributed by atoms with E-state index in [-0.39, 0.29) is 18.0 Å². The molecule has 7 nitrogen and oxygen atoms in total. The highest BCUT2D eigenvalue weighted by atomic mass is 35.5. The zero-order valence-electron chi connectivity index (χ0n) is 16.8. The summed E-state index contributed by atoms with van der Waals surface area (Å²) in [6, 6.07) is 10.00. The van der Waals surface area contributed by atoms with Gasteiger partial charge < -0.3 is 14.1 Å². The third-order valence-electron chi connectivity index (χ3n) is 5.54. The molecule has 5 rings (SSSR count). The number of hydrogen-bond acceptors (Lipinski definition) is 5. The highest BCUT2D eigenvalue weighted by Crippen LogP contribution is 2.20. The van der Waals surface area contributed by atoms with Gasteiger partial charge in [0, 0.05) is 31.3 Å². The lowest BCUT2D eigenvalue weighted by Crippen LogP contribution is -2.37. The van der Waals surface area contributed by atoms with Crippen molar-refractivity contribution in [3.05, 3.63) is 64.3 Å². The van der Waals surface area contributed by atoms with Crippen molar-refractivity contribution in [2.75, 3.05) is 32.8 Å². The fraction of sp³-hybridized carbons (Fsp3) is 0.318. The maximum atomic E-state index is 12.8. The minimum Gasteiger partial charge on any atom is -0.379 e. The second-order valence-electron chi connectivity index (χ2n) is 7.54. The van der Waals surface area contributed by atoms with E-state index in [1.807, 2.05) is 41.8 Å². The number of aryl methyl sites for hydroxylation is 1. The van der Waals surface area contributed by atoms with E-state index in [2.05, 4.69) is 20.9 Å². The van der Waals surface area contributed by atoms with Crippen molar-refractivity contribution in [1.82, 2.24) is 24.3 Å². The molecule has 4 aromatic rings. The first-order chi connectivity index (χ1) is 14.2. The van der Waals surface area contributed by atoms with Crippen LogP contribution in [-0.2, 0) is 11.2 Å². The van der Waals surface area contributed by atoms with Crippen molar-refractivity contribution in [2.24, 2.45) is 0 Å². The van der Waals surface area contributed by atoms with E-state index < -0.39 is 0 Å². The van der Waals surface area contributed by atoms with E-state index in [4.69, 9.17) is 9.72 Å². The molecule has 1 aromatic carbocycles. The lowest BCUT2D eigenvalue weighted by atomic mass is 10.0. The van der Waals surface area contributed by atoms with Crippen LogP contribution in [0.1, 0.15) is 11.1 Å². The number of nitrogens with zero attached hydrogens (tertiary/aromatic N) is 4. The fourth-order valence-corrected chi connectivity index (χ4v) is 3.93. The van der Waals surface area contributed by atoms with Gasteiger partial charge >= 0.3 is 0 Å². The molecule has 0 saturated carbocycles. The van der Waals surface area contributed by atoms with Gasteiger partial charge in [-0.1, -0.05) is 6.07 Å². The Kier molecular flexibility index (Phi) is 5.85. The Morgan fingerprint density at radius 2 is 2.03 bits per heavy atom. The molecular weight excluding hydrogens is 402 g/mol. The number of aromatic amines is 1. The average molecular weight is 426 g/mol. The number of hydrogen-bond donors (Lipinski definition) is 1. The SMILES string of the molecule is Cc1cc(CCN2CCOCC2)cc2c(=O)[nH]c(-c3cc4cccn4cn3)nc12.Cl. The standard InChI is InChI=1S/C22H23N5O2.ClH/c1-15-11-16(4-6-26-7-9-29-10-8-26)12-18-20(15)24-21(25-22(18)28)19-13-17-3-2-5-27(17)14-23-19;/h2-3,5,11-14H,4,6-10H2,1H3,(H,24,25,28);1H. The van der Waals surface area contributed by atoms with Gasteiger partial charge in [0.25, 0.3) is 5.56 Å². The lowest BCUT2D eigenvalue weighted by molar-refractivity contribution is 0.0384. The van der Waals surface area contributed by atoms with Crippen molar-refractivity contribution in [3.8, 4) is 11.5 Å². The molecule has 1 aliphatic rings. The van der Waals surface area contributed by atoms with E-state index in [1.54, 1.807) is 6.33 Å². The van der Waals surface area contributed by atoms with Crippen molar-refractivity contribution in [2.45, 2.75) is 13.3 Å². The second kappa shape index (κ2) is 8.55. The van der Waals surface area contributed by atoms with E-state index in [9.17, 15) is 4.79 Å². The monoisotopic (exact) mass is 425 g/mol. The topological polar surface area (TPSA) is 75.5 Å². The maximum Gasteiger partial charge on any atom is 0.259 e. The van der Waals surface area contributed by atoms with Crippen LogP contribution in [0.25, 0.3) is 27.9 Å². The lowest BCUT2D eigenvalue weighted by Gasteiger charge is -2.26. The van der Waals surface area contributed by atoms with Crippen molar-refractivity contribution in [1.29, 1.82) is 0 Å². The first-order valence-electron chi connectivity index (χ1n) is 9.94. The van der Waals surface area contributed by atoms with Gasteiger partial charge in [-0.2, -0.15) is 0 Å². The Morgan fingerprint density at radius 3 is 2.87 bits per heavy atom. The summed E-state index contributed by atoms with van der Waals surface area (Å²) in [7, 11) is 0. The highest BCUT2D eigenvalue weighted by molar-refractivity contribution is 5.85. The molecule has 8 heteroatoms. The van der Waals surface area contributed by atoms with Crippen molar-refractivity contribution in [3.63, 3.8) is 0 Å². The molecule has 0 radical (unpaired) electrons. The summed E-state index contributed by atoms with van der Waals surface area (Å²) in [6.45, 7) is 6.52. The zero-order chi connectivity index (χ0) is 19.8. The average Bonchev–Trinajstić information content (AvgIpc) is 3.21. The fourth-order valence-electron chi connectivity index (χ4n) is 3.93. The molecule has 0 bridgehead atoms. The highest BCUT2D eigenvalue weighted by Gasteiger charge is 2.13. The zero-order valence-corrected chi connectivity index (χ0v) is 17.6. The minimum absolute atomic E-state index is 0. The molecule has 0 atom stereocenters. The van der Waals surface area contributed by atoms with Crippen LogP contribution in [0.2, 0.25) is 0 Å². The van der Waals surface area contributed by atoms with Gasteiger partial charge in [-0.05, 0) is 48.7 Å². The molecular formula is C22H24ClN5O2. The second-order valence-corrected chi connectivity index (χ2v) is 7.54. The van der Waals surface area contributed by atoms with E-state index in [0.717, 1.165) is 61.4 Å². The molecule has 1 fully saturated rings. The number of fused-ring (bicyclic) bond motifs is 2. The van der Waals surface area contributed by atoms with Crippen LogP contribution in [0.5, 0.6) is 0 Å². The van der Waals surface area contributed by atoms with Crippen LogP contribution in [0.3, 0.4) is 0 Å². The molecule has 156 valence electrons. The summed E-state index contributed by atoms with van der Waals surface area (Å²) in [5.41, 5.74) is 4.44. The number of H-pyrrole nitrogens is 1. The number of ether oxygens (including phenoxy) is 1. The first kappa shape index (κ1) is 20.5. The van der Waals surface area contributed by atoms with Crippen molar-refractivity contribution >= 4 is 28.8 Å². The van der Waals surface area contributed by atoms with Gasteiger partial charge in [-0.25, -0.2) is 9.97 Å². The number of aromatic nitrogens is 4. The predicted octanol–water partition coefficient (Wildman–Crippen LogP) is 2.84. The molecule has 1 saturated heterocycles. The molecule has 0 aliphatic carbocycles. The molecule has 0 spiro atoms. The Bertz CT molecular complexity index is 1240. The van der Waals surface area contributed by atoms with E-state index in [1.165, 1.54) is 0 Å². The summed E-state index contributed by atoms with van der Waals surface area (Å²) < 4.78 is 7.33. The van der Waals surface area contributed by atoms with Gasteiger partial charge in [-0.15, -0.1) is 12.4 Å². The third-order valence-corrected chi connectivity index (χ3v) is 5.54. The number of nitrogens with one attached hydrogen (secondary N) is 1. The van der Waals surface area contributed by atoms with Crippen LogP contribution in [0, 0.1) is 6.92 Å². The summed E-state index contributed by atoms with van der Waals surface area (Å²) in [5.74, 6) is 0.496. The van der Waals surface area contributed by atoms with Gasteiger partial charge in [-0.3, -0.25) is 9.69 Å². The summed E-state index contributed by atoms with van der Waals surface area (Å²) in [5, 5.41) is 0.634. The number of benzene rings is 1. The normalized spacial score (nSPS) is 14.8. The number of rotatable bonds is 4.